The quantitative estimate of drug-likeness (QED) is 0.878. The lowest BCUT2D eigenvalue weighted by molar-refractivity contribution is 0.340. The number of nitrogens with two attached hydrogens (primary N) is 1. The Morgan fingerprint density at radius 1 is 1.39 bits per heavy atom. The molecule has 0 radical (unpaired) electrons. The predicted octanol–water partition coefficient (Wildman–Crippen LogP) is 2.55. The van der Waals surface area contributed by atoms with E-state index in [0.717, 1.165) is 17.7 Å². The number of ether oxygens (including phenoxy) is 1. The van der Waals surface area contributed by atoms with Crippen molar-refractivity contribution in [2.45, 2.75) is 26.3 Å². The predicted molar refractivity (Wildman–Crippen MR) is 68.1 cm³/mol. The van der Waals surface area contributed by atoms with Crippen LogP contribution in [0.2, 0.25) is 0 Å². The van der Waals surface area contributed by atoms with Gasteiger partial charge < -0.3 is 15.0 Å². The highest BCUT2D eigenvalue weighted by Gasteiger charge is 2.14. The lowest BCUT2D eigenvalue weighted by Gasteiger charge is -2.03. The Morgan fingerprint density at radius 2 is 2.22 bits per heavy atom. The van der Waals surface area contributed by atoms with Crippen molar-refractivity contribution in [3.63, 3.8) is 0 Å². The largest absolute Gasteiger partial charge is 0.494 e. The van der Waals surface area contributed by atoms with Crippen LogP contribution in [-0.4, -0.2) is 16.7 Å². The molecule has 0 spiro atoms. The molecule has 5 nitrogen and oxygen atoms in total. The molecule has 0 fully saturated rings. The van der Waals surface area contributed by atoms with Crippen molar-refractivity contribution in [3.05, 3.63) is 30.2 Å². The Hall–Kier alpha value is -1.88. The maximum Gasteiger partial charge on any atom is 0.243 e. The van der Waals surface area contributed by atoms with Crippen LogP contribution in [0.15, 0.2) is 28.8 Å². The molecule has 2 rings (SSSR count). The van der Waals surface area contributed by atoms with Crippen LogP contribution in [0.4, 0.5) is 0 Å². The SMILES string of the molecule is CCOc1cccc(-c2noc([C@H](N)CC)n2)c1. The van der Waals surface area contributed by atoms with Gasteiger partial charge in [0.05, 0.1) is 12.6 Å². The van der Waals surface area contributed by atoms with Crippen molar-refractivity contribution in [3.8, 4) is 17.1 Å². The van der Waals surface area contributed by atoms with Crippen molar-refractivity contribution in [2.75, 3.05) is 6.61 Å². The summed E-state index contributed by atoms with van der Waals surface area (Å²) in [7, 11) is 0. The molecule has 0 aliphatic carbocycles. The fourth-order valence-electron chi connectivity index (χ4n) is 1.57. The van der Waals surface area contributed by atoms with Gasteiger partial charge in [-0.15, -0.1) is 0 Å². The standard InChI is InChI=1S/C13H17N3O2/c1-3-11(14)13-15-12(16-18-13)9-6-5-7-10(8-9)17-4-2/h5-8,11H,3-4,14H2,1-2H3/t11-/m1/s1. The molecule has 0 amide bonds. The number of hydrogen-bond donors (Lipinski definition) is 1. The molecule has 2 aromatic rings. The molecule has 5 heteroatoms. The third-order valence-corrected chi connectivity index (χ3v) is 2.60. The molecule has 18 heavy (non-hydrogen) atoms. The van der Waals surface area contributed by atoms with Crippen molar-refractivity contribution in [2.24, 2.45) is 5.73 Å². The zero-order valence-corrected chi connectivity index (χ0v) is 10.6. The van der Waals surface area contributed by atoms with Crippen molar-refractivity contribution in [1.29, 1.82) is 0 Å². The molecule has 96 valence electrons. The Labute approximate surface area is 106 Å². The summed E-state index contributed by atoms with van der Waals surface area (Å²) in [5.41, 5.74) is 6.70. The normalized spacial score (nSPS) is 12.4. The van der Waals surface area contributed by atoms with E-state index in [4.69, 9.17) is 15.0 Å². The summed E-state index contributed by atoms with van der Waals surface area (Å²) < 4.78 is 10.6. The third kappa shape index (κ3) is 2.68. The Bertz CT molecular complexity index is 510. The van der Waals surface area contributed by atoms with Gasteiger partial charge in [-0.1, -0.05) is 24.2 Å². The first kappa shape index (κ1) is 12.6. The molecule has 1 heterocycles. The van der Waals surface area contributed by atoms with E-state index in [9.17, 15) is 0 Å². The number of hydrogen-bond acceptors (Lipinski definition) is 5. The van der Waals surface area contributed by atoms with Crippen molar-refractivity contribution >= 4 is 0 Å². The number of rotatable bonds is 5. The Kier molecular flexibility index (Phi) is 3.94. The maximum absolute atomic E-state index is 5.84. The van der Waals surface area contributed by atoms with Gasteiger partial charge in [0, 0.05) is 5.56 Å². The summed E-state index contributed by atoms with van der Waals surface area (Å²) in [5, 5.41) is 3.94. The molecule has 0 aliphatic rings. The summed E-state index contributed by atoms with van der Waals surface area (Å²) in [5.74, 6) is 1.80. The molecule has 1 aromatic carbocycles. The van der Waals surface area contributed by atoms with Gasteiger partial charge in [0.15, 0.2) is 0 Å². The highest BCUT2D eigenvalue weighted by molar-refractivity contribution is 5.56. The summed E-state index contributed by atoms with van der Waals surface area (Å²) in [6, 6.07) is 7.38. The second kappa shape index (κ2) is 5.64. The van der Waals surface area contributed by atoms with E-state index in [-0.39, 0.29) is 6.04 Å². The number of nitrogens with zero attached hydrogens (tertiary/aromatic N) is 2. The molecular weight excluding hydrogens is 230 g/mol. The summed E-state index contributed by atoms with van der Waals surface area (Å²) in [6.07, 6.45) is 0.765. The van der Waals surface area contributed by atoms with E-state index in [2.05, 4.69) is 10.1 Å². The van der Waals surface area contributed by atoms with Crippen molar-refractivity contribution in [1.82, 2.24) is 10.1 Å². The van der Waals surface area contributed by atoms with Crippen LogP contribution in [0.1, 0.15) is 32.2 Å². The van der Waals surface area contributed by atoms with Gasteiger partial charge in [0.1, 0.15) is 5.75 Å². The van der Waals surface area contributed by atoms with E-state index in [0.29, 0.717) is 18.3 Å². The average Bonchev–Trinajstić information content (AvgIpc) is 2.88. The zero-order valence-electron chi connectivity index (χ0n) is 10.6. The summed E-state index contributed by atoms with van der Waals surface area (Å²) >= 11 is 0. The van der Waals surface area contributed by atoms with Crippen LogP contribution >= 0.6 is 0 Å². The van der Waals surface area contributed by atoms with Crippen LogP contribution in [-0.2, 0) is 0 Å². The van der Waals surface area contributed by atoms with E-state index >= 15 is 0 Å². The lowest BCUT2D eigenvalue weighted by atomic mass is 10.2. The zero-order chi connectivity index (χ0) is 13.0. The van der Waals surface area contributed by atoms with Gasteiger partial charge in [-0.2, -0.15) is 4.98 Å². The molecule has 1 atom stereocenters. The molecule has 2 N–H and O–H groups in total. The summed E-state index contributed by atoms with van der Waals surface area (Å²) in [6.45, 7) is 4.55. The van der Waals surface area contributed by atoms with Crippen molar-refractivity contribution < 1.29 is 9.26 Å². The molecule has 0 bridgehead atoms. The van der Waals surface area contributed by atoms with Gasteiger partial charge in [-0.3, -0.25) is 0 Å². The molecular formula is C13H17N3O2. The minimum Gasteiger partial charge on any atom is -0.494 e. The minimum absolute atomic E-state index is 0.207. The number of benzene rings is 1. The van der Waals surface area contributed by atoms with Crippen LogP contribution in [0.3, 0.4) is 0 Å². The fraction of sp³-hybridized carbons (Fsp3) is 0.385. The average molecular weight is 247 g/mol. The molecule has 0 aliphatic heterocycles. The monoisotopic (exact) mass is 247 g/mol. The lowest BCUT2D eigenvalue weighted by Crippen LogP contribution is -2.08. The highest BCUT2D eigenvalue weighted by Crippen LogP contribution is 2.23. The second-order valence-electron chi connectivity index (χ2n) is 3.93. The van der Waals surface area contributed by atoms with E-state index in [1.165, 1.54) is 0 Å². The highest BCUT2D eigenvalue weighted by atomic mass is 16.5. The Balaban J connectivity index is 2.25. The van der Waals surface area contributed by atoms with Gasteiger partial charge in [0.25, 0.3) is 0 Å². The van der Waals surface area contributed by atoms with E-state index in [1.54, 1.807) is 0 Å². The molecule has 0 saturated heterocycles. The van der Waals surface area contributed by atoms with Crippen LogP contribution in [0.5, 0.6) is 5.75 Å². The van der Waals surface area contributed by atoms with Crippen LogP contribution in [0, 0.1) is 0 Å². The Morgan fingerprint density at radius 3 is 2.94 bits per heavy atom. The van der Waals surface area contributed by atoms with Gasteiger partial charge in [0.2, 0.25) is 11.7 Å². The first-order chi connectivity index (χ1) is 8.74. The topological polar surface area (TPSA) is 74.2 Å². The van der Waals surface area contributed by atoms with Gasteiger partial charge in [-0.05, 0) is 25.5 Å². The van der Waals surface area contributed by atoms with E-state index < -0.39 is 0 Å². The first-order valence-corrected chi connectivity index (χ1v) is 6.07. The summed E-state index contributed by atoms with van der Waals surface area (Å²) in [4.78, 5) is 4.29. The first-order valence-electron chi connectivity index (χ1n) is 6.07. The smallest absolute Gasteiger partial charge is 0.243 e. The maximum atomic E-state index is 5.84. The molecule has 0 unspecified atom stereocenters. The van der Waals surface area contributed by atoms with Crippen LogP contribution in [0.25, 0.3) is 11.4 Å². The number of aromatic nitrogens is 2. The second-order valence-corrected chi connectivity index (χ2v) is 3.93. The van der Waals surface area contributed by atoms with Gasteiger partial charge in [-0.25, -0.2) is 0 Å². The fourth-order valence-corrected chi connectivity index (χ4v) is 1.57. The molecule has 0 saturated carbocycles. The molecule has 1 aromatic heterocycles. The van der Waals surface area contributed by atoms with Gasteiger partial charge >= 0.3 is 0 Å². The minimum atomic E-state index is -0.207. The van der Waals surface area contributed by atoms with E-state index in [1.807, 2.05) is 38.1 Å². The van der Waals surface area contributed by atoms with Crippen LogP contribution < -0.4 is 10.5 Å². The third-order valence-electron chi connectivity index (χ3n) is 2.60.